The maximum atomic E-state index is 6.72. The lowest BCUT2D eigenvalue weighted by atomic mass is 9.54. The molecule has 2 aliphatic rings. The summed E-state index contributed by atoms with van der Waals surface area (Å²) in [6.07, 6.45) is 1.32. The molecule has 4 nitrogen and oxygen atoms in total. The summed E-state index contributed by atoms with van der Waals surface area (Å²) in [6, 6.07) is 0. The van der Waals surface area contributed by atoms with Gasteiger partial charge in [0.05, 0.1) is 6.10 Å². The second-order valence-corrected chi connectivity index (χ2v) is 8.46. The molecule has 124 valence electrons. The van der Waals surface area contributed by atoms with E-state index in [0.29, 0.717) is 6.10 Å². The largest absolute Gasteiger partial charge is 0.378 e. The maximum Gasteiger partial charge on any atom is 0.0662 e. The molecule has 2 rings (SSSR count). The molecular formula is C17H35N3O. The molecule has 0 bridgehead atoms. The predicted molar refractivity (Wildman–Crippen MR) is 88.5 cm³/mol. The molecule has 1 saturated heterocycles. The SMILES string of the molecule is CCOC1CC(N)(CN2CCN(C(C)(C)C)CC2)C1(C)C. The molecule has 1 saturated carbocycles. The van der Waals surface area contributed by atoms with Crippen LogP contribution in [-0.2, 0) is 4.74 Å². The van der Waals surface area contributed by atoms with Gasteiger partial charge in [-0.2, -0.15) is 0 Å². The van der Waals surface area contributed by atoms with Gasteiger partial charge in [0.25, 0.3) is 0 Å². The van der Waals surface area contributed by atoms with Gasteiger partial charge in [-0.3, -0.25) is 9.80 Å². The lowest BCUT2D eigenvalue weighted by Gasteiger charge is -2.61. The van der Waals surface area contributed by atoms with E-state index in [4.69, 9.17) is 10.5 Å². The van der Waals surface area contributed by atoms with E-state index in [2.05, 4.69) is 51.3 Å². The van der Waals surface area contributed by atoms with Gasteiger partial charge in [-0.1, -0.05) is 13.8 Å². The molecule has 0 radical (unpaired) electrons. The zero-order valence-electron chi connectivity index (χ0n) is 14.9. The summed E-state index contributed by atoms with van der Waals surface area (Å²) in [6.45, 7) is 19.8. The van der Waals surface area contributed by atoms with Crippen molar-refractivity contribution in [1.29, 1.82) is 0 Å². The number of nitrogens with two attached hydrogens (primary N) is 1. The van der Waals surface area contributed by atoms with Crippen LogP contribution < -0.4 is 5.73 Å². The number of hydrogen-bond donors (Lipinski definition) is 1. The summed E-state index contributed by atoms with van der Waals surface area (Å²) in [5.41, 5.74) is 6.97. The number of nitrogens with zero attached hydrogens (tertiary/aromatic N) is 2. The topological polar surface area (TPSA) is 41.7 Å². The third-order valence-corrected chi connectivity index (χ3v) is 5.83. The Kier molecular flexibility index (Phi) is 4.75. The van der Waals surface area contributed by atoms with Crippen molar-refractivity contribution in [2.24, 2.45) is 11.1 Å². The molecule has 1 aliphatic carbocycles. The second kappa shape index (κ2) is 5.80. The fourth-order valence-electron chi connectivity index (χ4n) is 3.75. The van der Waals surface area contributed by atoms with Crippen LogP contribution in [0.25, 0.3) is 0 Å². The molecule has 0 amide bonds. The average molecular weight is 297 g/mol. The van der Waals surface area contributed by atoms with Gasteiger partial charge in [-0.05, 0) is 34.1 Å². The average Bonchev–Trinajstić information content (AvgIpc) is 2.38. The second-order valence-electron chi connectivity index (χ2n) is 8.46. The van der Waals surface area contributed by atoms with E-state index in [-0.39, 0.29) is 16.5 Å². The zero-order valence-corrected chi connectivity index (χ0v) is 14.9. The maximum absolute atomic E-state index is 6.72. The molecule has 0 aromatic rings. The van der Waals surface area contributed by atoms with Crippen molar-refractivity contribution in [3.63, 3.8) is 0 Å². The minimum atomic E-state index is -0.100. The van der Waals surface area contributed by atoms with E-state index in [1.807, 2.05) is 0 Å². The van der Waals surface area contributed by atoms with Gasteiger partial charge in [-0.15, -0.1) is 0 Å². The van der Waals surface area contributed by atoms with Gasteiger partial charge in [0.15, 0.2) is 0 Å². The van der Waals surface area contributed by atoms with Crippen LogP contribution >= 0.6 is 0 Å². The normalized spacial score (nSPS) is 34.7. The Labute approximate surface area is 131 Å². The quantitative estimate of drug-likeness (QED) is 0.861. The van der Waals surface area contributed by atoms with Crippen molar-refractivity contribution in [2.45, 2.75) is 65.1 Å². The van der Waals surface area contributed by atoms with Crippen molar-refractivity contribution in [3.8, 4) is 0 Å². The number of hydrogen-bond acceptors (Lipinski definition) is 4. The first-order chi connectivity index (χ1) is 9.60. The van der Waals surface area contributed by atoms with Gasteiger partial charge in [-0.25, -0.2) is 0 Å². The summed E-state index contributed by atoms with van der Waals surface area (Å²) >= 11 is 0. The first-order valence-electron chi connectivity index (χ1n) is 8.48. The highest BCUT2D eigenvalue weighted by atomic mass is 16.5. The van der Waals surface area contributed by atoms with E-state index in [1.54, 1.807) is 0 Å². The molecule has 1 heterocycles. The smallest absolute Gasteiger partial charge is 0.0662 e. The van der Waals surface area contributed by atoms with E-state index >= 15 is 0 Å². The van der Waals surface area contributed by atoms with E-state index < -0.39 is 0 Å². The van der Waals surface area contributed by atoms with Gasteiger partial charge >= 0.3 is 0 Å². The zero-order chi connectivity index (χ0) is 15.9. The fraction of sp³-hybridized carbons (Fsp3) is 1.00. The van der Waals surface area contributed by atoms with Crippen LogP contribution in [0.5, 0.6) is 0 Å². The number of rotatable bonds is 4. The third-order valence-electron chi connectivity index (χ3n) is 5.83. The van der Waals surface area contributed by atoms with E-state index in [9.17, 15) is 0 Å². The van der Waals surface area contributed by atoms with Gasteiger partial charge in [0.2, 0.25) is 0 Å². The minimum Gasteiger partial charge on any atom is -0.378 e. The highest BCUT2D eigenvalue weighted by Crippen LogP contribution is 2.50. The van der Waals surface area contributed by atoms with E-state index in [1.165, 1.54) is 0 Å². The van der Waals surface area contributed by atoms with Crippen LogP contribution in [0.1, 0.15) is 48.0 Å². The highest BCUT2D eigenvalue weighted by Gasteiger charge is 2.58. The lowest BCUT2D eigenvalue weighted by Crippen LogP contribution is -2.74. The first-order valence-corrected chi connectivity index (χ1v) is 8.48. The van der Waals surface area contributed by atoms with Crippen molar-refractivity contribution in [3.05, 3.63) is 0 Å². The van der Waals surface area contributed by atoms with Crippen molar-refractivity contribution < 1.29 is 4.74 Å². The van der Waals surface area contributed by atoms with Crippen molar-refractivity contribution >= 4 is 0 Å². The van der Waals surface area contributed by atoms with Crippen LogP contribution in [-0.4, -0.2) is 66.3 Å². The first kappa shape index (κ1) is 17.2. The number of ether oxygens (including phenoxy) is 1. The molecule has 21 heavy (non-hydrogen) atoms. The number of piperazine rings is 1. The Bertz CT molecular complexity index is 356. The van der Waals surface area contributed by atoms with Crippen molar-refractivity contribution in [1.82, 2.24) is 9.80 Å². The summed E-state index contributed by atoms with van der Waals surface area (Å²) < 4.78 is 5.83. The van der Waals surface area contributed by atoms with Crippen LogP contribution in [0, 0.1) is 5.41 Å². The molecule has 4 heteroatoms. The van der Waals surface area contributed by atoms with E-state index in [0.717, 1.165) is 45.8 Å². The van der Waals surface area contributed by atoms with Crippen molar-refractivity contribution in [2.75, 3.05) is 39.3 Å². The molecule has 2 atom stereocenters. The molecule has 2 N–H and O–H groups in total. The Morgan fingerprint density at radius 3 is 2.14 bits per heavy atom. The molecule has 0 spiro atoms. The monoisotopic (exact) mass is 297 g/mol. The standard InChI is InChI=1S/C17H35N3O/c1-7-21-14-12-17(18,16(14,5)6)13-19-8-10-20(11-9-19)15(2,3)4/h14H,7-13,18H2,1-6H3. The molecule has 2 fully saturated rings. The third kappa shape index (κ3) is 3.29. The summed E-state index contributed by atoms with van der Waals surface area (Å²) in [5, 5.41) is 0. The van der Waals surface area contributed by atoms with Crippen LogP contribution in [0.3, 0.4) is 0 Å². The van der Waals surface area contributed by atoms with Crippen LogP contribution in [0.4, 0.5) is 0 Å². The van der Waals surface area contributed by atoms with Crippen LogP contribution in [0.15, 0.2) is 0 Å². The van der Waals surface area contributed by atoms with Gasteiger partial charge < -0.3 is 10.5 Å². The molecule has 2 unspecified atom stereocenters. The summed E-state index contributed by atoms with van der Waals surface area (Å²) in [7, 11) is 0. The Morgan fingerprint density at radius 2 is 1.71 bits per heavy atom. The van der Waals surface area contributed by atoms with Crippen LogP contribution in [0.2, 0.25) is 0 Å². The van der Waals surface area contributed by atoms with Gasteiger partial charge in [0, 0.05) is 55.8 Å². The lowest BCUT2D eigenvalue weighted by molar-refractivity contribution is -0.158. The Balaban J connectivity index is 1.87. The Morgan fingerprint density at radius 1 is 1.14 bits per heavy atom. The molecule has 0 aromatic carbocycles. The molecular weight excluding hydrogens is 262 g/mol. The Hall–Kier alpha value is -0.160. The fourth-order valence-corrected chi connectivity index (χ4v) is 3.75. The minimum absolute atomic E-state index is 0.0736. The van der Waals surface area contributed by atoms with Gasteiger partial charge in [0.1, 0.15) is 0 Å². The summed E-state index contributed by atoms with van der Waals surface area (Å²) in [4.78, 5) is 5.12. The molecule has 0 aromatic heterocycles. The molecule has 1 aliphatic heterocycles. The highest BCUT2D eigenvalue weighted by molar-refractivity contribution is 5.15. The predicted octanol–water partition coefficient (Wildman–Crippen LogP) is 1.94. The summed E-state index contributed by atoms with van der Waals surface area (Å²) in [5.74, 6) is 0.